The van der Waals surface area contributed by atoms with E-state index in [0.717, 1.165) is 16.8 Å². The molecule has 1 aliphatic rings. The lowest BCUT2D eigenvalue weighted by Crippen LogP contribution is -2.20. The highest BCUT2D eigenvalue weighted by molar-refractivity contribution is 9.09. The van der Waals surface area contributed by atoms with Crippen molar-refractivity contribution in [1.29, 1.82) is 0 Å². The Hall–Kier alpha value is -1.21. The monoisotopic (exact) mass is 374 g/mol. The summed E-state index contributed by atoms with van der Waals surface area (Å²) in [6.07, 6.45) is 3.45. The number of anilines is 1. The average molecular weight is 375 g/mol. The fraction of sp³-hybridized carbons (Fsp3) is 0.429. The van der Waals surface area contributed by atoms with Crippen LogP contribution in [-0.4, -0.2) is 33.5 Å². The molecule has 0 aromatic heterocycles. The molecule has 0 aliphatic carbocycles. The van der Waals surface area contributed by atoms with Crippen molar-refractivity contribution in [3.8, 4) is 0 Å². The first-order valence-corrected chi connectivity index (χ1v) is 10.3. The first kappa shape index (κ1) is 16.2. The molecule has 0 fully saturated rings. The number of Topliss-reactive ketones (excluding diaryl/α,β-unsaturated/α-hetero) is 1. The summed E-state index contributed by atoms with van der Waals surface area (Å²) >= 11 is 3.13. The Labute approximate surface area is 133 Å². The summed E-state index contributed by atoms with van der Waals surface area (Å²) in [5, 5.41) is 4.11. The number of alkyl halides is 1. The van der Waals surface area contributed by atoms with E-state index in [-0.39, 0.29) is 17.2 Å². The molecule has 0 amide bonds. The molecule has 0 bridgehead atoms. The van der Waals surface area contributed by atoms with Crippen LogP contribution in [0.2, 0.25) is 0 Å². The number of aryl methyl sites for hydroxylation is 1. The molecular formula is C14H19BrN2O3S. The fourth-order valence-electron chi connectivity index (χ4n) is 2.13. The van der Waals surface area contributed by atoms with Crippen molar-refractivity contribution >= 4 is 43.2 Å². The highest BCUT2D eigenvalue weighted by Crippen LogP contribution is 2.34. The largest absolute Gasteiger partial charge is 0.387 e. The number of oxime groups is 1. The maximum Gasteiger partial charge on any atom is 0.191 e. The van der Waals surface area contributed by atoms with Gasteiger partial charge in [0.2, 0.25) is 0 Å². The van der Waals surface area contributed by atoms with E-state index < -0.39 is 10.1 Å². The van der Waals surface area contributed by atoms with Crippen molar-refractivity contribution in [2.24, 2.45) is 5.16 Å². The van der Waals surface area contributed by atoms with Crippen molar-refractivity contribution in [3.05, 3.63) is 29.3 Å². The van der Waals surface area contributed by atoms with Gasteiger partial charge in [-0.15, -0.1) is 0 Å². The summed E-state index contributed by atoms with van der Waals surface area (Å²) in [5.41, 5.74) is 3.14. The van der Waals surface area contributed by atoms with Crippen LogP contribution in [0.5, 0.6) is 0 Å². The van der Waals surface area contributed by atoms with E-state index in [1.165, 1.54) is 0 Å². The summed E-state index contributed by atoms with van der Waals surface area (Å²) in [4.78, 5) is 17.1. The standard InChI is InChI=1S/C14H19BrN2O3S/c1-9-4-5-11(17-21(2,3)19)10(6-9)14-7-12(16-20-14)13(18)8-15/h4-6,14,21H,7-8H2,1-3H3,(H,17,19). The fourth-order valence-corrected chi connectivity index (χ4v) is 3.23. The van der Waals surface area contributed by atoms with Crippen LogP contribution in [0.15, 0.2) is 23.4 Å². The number of hydrogen-bond acceptors (Lipinski definition) is 4. The van der Waals surface area contributed by atoms with Gasteiger partial charge in [0.25, 0.3) is 0 Å². The van der Waals surface area contributed by atoms with Gasteiger partial charge in [0.1, 0.15) is 5.71 Å². The number of carbonyl (C=O) groups excluding carboxylic acids is 1. The predicted molar refractivity (Wildman–Crippen MR) is 90.9 cm³/mol. The normalized spacial score (nSPS) is 18.9. The Bertz CT molecular complexity index is 639. The van der Waals surface area contributed by atoms with E-state index >= 15 is 0 Å². The van der Waals surface area contributed by atoms with Gasteiger partial charge in [-0.05, 0) is 23.1 Å². The molecule has 1 unspecified atom stereocenters. The maximum atomic E-state index is 12.0. The Balaban J connectivity index is 2.26. The van der Waals surface area contributed by atoms with Crippen molar-refractivity contribution in [3.63, 3.8) is 0 Å². The Kier molecular flexibility index (Phi) is 4.83. The number of hydrogen-bond donors (Lipinski definition) is 2. The number of thiol groups is 1. The van der Waals surface area contributed by atoms with Gasteiger partial charge < -0.3 is 9.56 Å². The van der Waals surface area contributed by atoms with Gasteiger partial charge in [-0.25, -0.2) is 0 Å². The molecule has 1 aliphatic heterocycles. The van der Waals surface area contributed by atoms with Gasteiger partial charge >= 0.3 is 0 Å². The van der Waals surface area contributed by atoms with E-state index in [4.69, 9.17) is 4.84 Å². The zero-order valence-corrected chi connectivity index (χ0v) is 14.7. The van der Waals surface area contributed by atoms with E-state index in [0.29, 0.717) is 12.1 Å². The SMILES string of the molecule is Cc1ccc(N[SH](C)(C)=O)c(C2CC(C(=O)CBr)=NO2)c1. The minimum Gasteiger partial charge on any atom is -0.387 e. The van der Waals surface area contributed by atoms with E-state index in [2.05, 4.69) is 25.8 Å². The molecule has 1 aromatic carbocycles. The van der Waals surface area contributed by atoms with Crippen molar-refractivity contribution in [2.45, 2.75) is 19.4 Å². The lowest BCUT2D eigenvalue weighted by Gasteiger charge is -2.21. The summed E-state index contributed by atoms with van der Waals surface area (Å²) in [7, 11) is -2.43. The molecule has 1 aromatic rings. The molecule has 21 heavy (non-hydrogen) atoms. The lowest BCUT2D eigenvalue weighted by atomic mass is 10.00. The molecule has 0 spiro atoms. The maximum absolute atomic E-state index is 12.0. The molecular weight excluding hydrogens is 356 g/mol. The molecule has 1 atom stereocenters. The third-order valence-corrected chi connectivity index (χ3v) is 4.34. The number of carbonyl (C=O) groups is 1. The van der Waals surface area contributed by atoms with Crippen LogP contribution >= 0.6 is 15.9 Å². The Morgan fingerprint density at radius 1 is 1.52 bits per heavy atom. The van der Waals surface area contributed by atoms with Gasteiger partial charge in [-0.2, -0.15) is 0 Å². The van der Waals surface area contributed by atoms with E-state index in [1.54, 1.807) is 12.5 Å². The molecule has 0 radical (unpaired) electrons. The first-order valence-electron chi connectivity index (χ1n) is 6.56. The lowest BCUT2D eigenvalue weighted by molar-refractivity contribution is -0.110. The van der Waals surface area contributed by atoms with Gasteiger partial charge in [-0.1, -0.05) is 38.8 Å². The van der Waals surface area contributed by atoms with Crippen LogP contribution < -0.4 is 4.72 Å². The molecule has 0 saturated carbocycles. The molecule has 2 rings (SSSR count). The summed E-state index contributed by atoms with van der Waals surface area (Å²) in [5.74, 6) is -0.0729. The molecule has 0 saturated heterocycles. The number of nitrogens with one attached hydrogen (secondary N) is 1. The number of benzene rings is 1. The predicted octanol–water partition coefficient (Wildman–Crippen LogP) is 2.38. The molecule has 1 heterocycles. The number of halogens is 1. The van der Waals surface area contributed by atoms with Crippen molar-refractivity contribution in [1.82, 2.24) is 0 Å². The van der Waals surface area contributed by atoms with Crippen LogP contribution in [0, 0.1) is 6.92 Å². The molecule has 116 valence electrons. The zero-order chi connectivity index (χ0) is 15.6. The van der Waals surface area contributed by atoms with E-state index in [9.17, 15) is 9.00 Å². The summed E-state index contributed by atoms with van der Waals surface area (Å²) in [6.45, 7) is 1.98. The van der Waals surface area contributed by atoms with Gasteiger partial charge in [0, 0.05) is 24.5 Å². The van der Waals surface area contributed by atoms with Gasteiger partial charge in [0.15, 0.2) is 11.9 Å². The van der Waals surface area contributed by atoms with Gasteiger partial charge in [-0.3, -0.25) is 9.00 Å². The van der Waals surface area contributed by atoms with Crippen LogP contribution in [0.4, 0.5) is 5.69 Å². The summed E-state index contributed by atoms with van der Waals surface area (Å²) < 4.78 is 15.1. The smallest absolute Gasteiger partial charge is 0.191 e. The third-order valence-electron chi connectivity index (χ3n) is 3.06. The number of rotatable bonds is 5. The highest BCUT2D eigenvalue weighted by Gasteiger charge is 2.28. The number of ketones is 1. The average Bonchev–Trinajstić information content (AvgIpc) is 2.88. The van der Waals surface area contributed by atoms with E-state index in [1.807, 2.05) is 25.1 Å². The van der Waals surface area contributed by atoms with Crippen molar-refractivity contribution < 1.29 is 13.8 Å². The highest BCUT2D eigenvalue weighted by atomic mass is 79.9. The summed E-state index contributed by atoms with van der Waals surface area (Å²) in [6, 6.07) is 5.81. The molecule has 7 heteroatoms. The first-order chi connectivity index (χ1) is 9.80. The second-order valence-corrected chi connectivity index (χ2v) is 8.93. The van der Waals surface area contributed by atoms with Crippen LogP contribution in [0.3, 0.4) is 0 Å². The second-order valence-electron chi connectivity index (χ2n) is 5.45. The van der Waals surface area contributed by atoms with Gasteiger partial charge in [0.05, 0.1) is 11.0 Å². The Morgan fingerprint density at radius 2 is 2.24 bits per heavy atom. The topological polar surface area (TPSA) is 67.8 Å². The second kappa shape index (κ2) is 6.27. The Morgan fingerprint density at radius 3 is 2.86 bits per heavy atom. The van der Waals surface area contributed by atoms with Crippen molar-refractivity contribution in [2.75, 3.05) is 22.6 Å². The minimum atomic E-state index is -2.43. The quantitative estimate of drug-likeness (QED) is 0.614. The number of nitrogens with zero attached hydrogens (tertiary/aromatic N) is 1. The van der Waals surface area contributed by atoms with Crippen LogP contribution in [0.25, 0.3) is 0 Å². The third kappa shape index (κ3) is 4.14. The zero-order valence-electron chi connectivity index (χ0n) is 12.2. The minimum absolute atomic E-state index is 0.0729. The van der Waals surface area contributed by atoms with Crippen LogP contribution in [0.1, 0.15) is 23.7 Å². The van der Waals surface area contributed by atoms with Crippen LogP contribution in [-0.2, 0) is 19.8 Å². The molecule has 1 N–H and O–H groups in total. The molecule has 5 nitrogen and oxygen atoms in total.